The summed E-state index contributed by atoms with van der Waals surface area (Å²) in [5, 5.41) is 30.2. The van der Waals surface area contributed by atoms with E-state index in [0.29, 0.717) is 5.57 Å². The monoisotopic (exact) mass is 378 g/mol. The number of carbonyl (C=O) groups excluding carboxylic acids is 1. The van der Waals surface area contributed by atoms with Crippen LogP contribution >= 0.6 is 0 Å². The Morgan fingerprint density at radius 3 is 2.68 bits per heavy atom. The van der Waals surface area contributed by atoms with Crippen molar-refractivity contribution in [1.82, 2.24) is 0 Å². The van der Waals surface area contributed by atoms with Gasteiger partial charge in [0.15, 0.2) is 5.78 Å². The minimum Gasteiger partial charge on any atom is -0.394 e. The predicted molar refractivity (Wildman–Crippen MR) is 111 cm³/mol. The minimum atomic E-state index is -0.937. The molecule has 1 atom stereocenters. The van der Waals surface area contributed by atoms with E-state index in [0.717, 1.165) is 29.4 Å². The fraction of sp³-hybridized carbons (Fsp3) is 0.391. The summed E-state index contributed by atoms with van der Waals surface area (Å²) in [5.74, 6) is -0.305. The molecule has 1 unspecified atom stereocenters. The lowest BCUT2D eigenvalue weighted by atomic mass is 9.94. The molecule has 2 N–H and O–H groups in total. The molecule has 1 saturated heterocycles. The standard InChI is InChI=1S/C23H26N2O3/c1-16(21(14-24)23(28)10-9-19(27)15-26)18-8-7-17-5-4-6-22(20(17)13-18)25-11-2-3-12-25/h4-8,13,19,26-27H,2-3,9-12,15H2,1H3/b21-16+. The highest BCUT2D eigenvalue weighted by Crippen LogP contribution is 2.32. The second-order valence-electron chi connectivity index (χ2n) is 7.32. The zero-order valence-corrected chi connectivity index (χ0v) is 16.2. The molecule has 0 amide bonds. The molecule has 146 valence electrons. The quantitative estimate of drug-likeness (QED) is 0.569. The van der Waals surface area contributed by atoms with E-state index >= 15 is 0 Å². The first-order valence-electron chi connectivity index (χ1n) is 9.76. The largest absolute Gasteiger partial charge is 0.394 e. The van der Waals surface area contributed by atoms with Crippen LogP contribution in [0.15, 0.2) is 42.0 Å². The molecule has 0 bridgehead atoms. The van der Waals surface area contributed by atoms with Crippen molar-refractivity contribution >= 4 is 27.8 Å². The van der Waals surface area contributed by atoms with E-state index < -0.39 is 6.10 Å². The van der Waals surface area contributed by atoms with Crippen LogP contribution in [-0.4, -0.2) is 41.8 Å². The fourth-order valence-corrected chi connectivity index (χ4v) is 3.74. The lowest BCUT2D eigenvalue weighted by Crippen LogP contribution is -2.17. The SMILES string of the molecule is C/C(=C(/C#N)C(=O)CCC(O)CO)c1ccc2cccc(N3CCCC3)c2c1. The molecular weight excluding hydrogens is 352 g/mol. The van der Waals surface area contributed by atoms with Crippen LogP contribution in [0.4, 0.5) is 5.69 Å². The molecule has 5 heteroatoms. The first-order valence-corrected chi connectivity index (χ1v) is 9.76. The van der Waals surface area contributed by atoms with E-state index in [4.69, 9.17) is 5.11 Å². The molecule has 5 nitrogen and oxygen atoms in total. The number of nitrogens with zero attached hydrogens (tertiary/aromatic N) is 2. The van der Waals surface area contributed by atoms with E-state index in [1.807, 2.05) is 18.2 Å². The van der Waals surface area contributed by atoms with Gasteiger partial charge in [-0.15, -0.1) is 0 Å². The lowest BCUT2D eigenvalue weighted by molar-refractivity contribution is -0.115. The van der Waals surface area contributed by atoms with Gasteiger partial charge in [0.2, 0.25) is 0 Å². The van der Waals surface area contributed by atoms with Crippen LogP contribution in [0, 0.1) is 11.3 Å². The van der Waals surface area contributed by atoms with Gasteiger partial charge in [-0.3, -0.25) is 4.79 Å². The van der Waals surface area contributed by atoms with Gasteiger partial charge in [0, 0.05) is 30.6 Å². The number of rotatable bonds is 7. The third kappa shape index (κ3) is 4.24. The summed E-state index contributed by atoms with van der Waals surface area (Å²) >= 11 is 0. The Morgan fingerprint density at radius 2 is 2.00 bits per heavy atom. The lowest BCUT2D eigenvalue weighted by Gasteiger charge is -2.20. The summed E-state index contributed by atoms with van der Waals surface area (Å²) in [6.07, 6.45) is 1.64. The summed E-state index contributed by atoms with van der Waals surface area (Å²) in [5.41, 5.74) is 2.81. The molecule has 2 aromatic rings. The number of nitriles is 1. The normalized spacial score (nSPS) is 16.0. The zero-order chi connectivity index (χ0) is 20.1. The second-order valence-corrected chi connectivity index (χ2v) is 7.32. The molecule has 0 spiro atoms. The van der Waals surface area contributed by atoms with Crippen LogP contribution in [0.2, 0.25) is 0 Å². The molecule has 0 aliphatic carbocycles. The molecule has 1 aliphatic heterocycles. The molecule has 0 aromatic heterocycles. The number of Topliss-reactive ketones (excluding diaryl/α,β-unsaturated/α-hetero) is 1. The van der Waals surface area contributed by atoms with Gasteiger partial charge in [0.1, 0.15) is 6.07 Å². The van der Waals surface area contributed by atoms with Gasteiger partial charge in [-0.2, -0.15) is 5.26 Å². The van der Waals surface area contributed by atoms with E-state index in [2.05, 4.69) is 29.2 Å². The van der Waals surface area contributed by atoms with Crippen molar-refractivity contribution in [1.29, 1.82) is 5.26 Å². The predicted octanol–water partition coefficient (Wildman–Crippen LogP) is 3.44. The van der Waals surface area contributed by atoms with Crippen molar-refractivity contribution in [3.05, 3.63) is 47.5 Å². The Bertz CT molecular complexity index is 937. The number of ketones is 1. The van der Waals surface area contributed by atoms with Crippen molar-refractivity contribution in [2.45, 2.75) is 38.7 Å². The van der Waals surface area contributed by atoms with E-state index in [1.165, 1.54) is 18.5 Å². The number of benzene rings is 2. The van der Waals surface area contributed by atoms with Crippen LogP contribution in [0.3, 0.4) is 0 Å². The van der Waals surface area contributed by atoms with Crippen molar-refractivity contribution in [3.8, 4) is 6.07 Å². The molecule has 1 aliphatic rings. The van der Waals surface area contributed by atoms with Crippen molar-refractivity contribution in [2.75, 3.05) is 24.6 Å². The number of allylic oxidation sites excluding steroid dienone is 2. The van der Waals surface area contributed by atoms with Crippen LogP contribution in [0.25, 0.3) is 16.3 Å². The van der Waals surface area contributed by atoms with Gasteiger partial charge < -0.3 is 15.1 Å². The molecule has 3 rings (SSSR count). The third-order valence-electron chi connectivity index (χ3n) is 5.42. The Morgan fingerprint density at radius 1 is 1.25 bits per heavy atom. The molecule has 0 radical (unpaired) electrons. The van der Waals surface area contributed by atoms with Crippen molar-refractivity contribution < 1.29 is 15.0 Å². The molecule has 28 heavy (non-hydrogen) atoms. The van der Waals surface area contributed by atoms with E-state index in [9.17, 15) is 15.2 Å². The summed E-state index contributed by atoms with van der Waals surface area (Å²) in [4.78, 5) is 14.9. The van der Waals surface area contributed by atoms with Gasteiger partial charge in [-0.25, -0.2) is 0 Å². The number of aliphatic hydroxyl groups excluding tert-OH is 2. The third-order valence-corrected chi connectivity index (χ3v) is 5.42. The highest BCUT2D eigenvalue weighted by atomic mass is 16.3. The maximum absolute atomic E-state index is 12.5. The van der Waals surface area contributed by atoms with Crippen molar-refractivity contribution in [2.24, 2.45) is 0 Å². The average molecular weight is 378 g/mol. The van der Waals surface area contributed by atoms with Gasteiger partial charge in [0.05, 0.1) is 18.3 Å². The van der Waals surface area contributed by atoms with Gasteiger partial charge in [-0.1, -0.05) is 24.3 Å². The smallest absolute Gasteiger partial charge is 0.173 e. The fourth-order valence-electron chi connectivity index (χ4n) is 3.74. The Kier molecular flexibility index (Phi) is 6.45. The number of fused-ring (bicyclic) bond motifs is 1. The maximum Gasteiger partial charge on any atom is 0.173 e. The van der Waals surface area contributed by atoms with Crippen LogP contribution in [0.5, 0.6) is 0 Å². The molecule has 1 fully saturated rings. The molecule has 2 aromatic carbocycles. The number of anilines is 1. The topological polar surface area (TPSA) is 84.6 Å². The molecular formula is C23H26N2O3. The van der Waals surface area contributed by atoms with Gasteiger partial charge in [-0.05, 0) is 54.8 Å². The second kappa shape index (κ2) is 9.01. The van der Waals surface area contributed by atoms with Crippen LogP contribution < -0.4 is 4.90 Å². The van der Waals surface area contributed by atoms with Crippen molar-refractivity contribution in [3.63, 3.8) is 0 Å². The van der Waals surface area contributed by atoms with E-state index in [1.54, 1.807) is 6.92 Å². The summed E-state index contributed by atoms with van der Waals surface area (Å²) in [6, 6.07) is 14.3. The first kappa shape index (κ1) is 20.1. The van der Waals surface area contributed by atoms with Crippen LogP contribution in [-0.2, 0) is 4.79 Å². The minimum absolute atomic E-state index is 0.0363. The number of aliphatic hydroxyl groups is 2. The summed E-state index contributed by atoms with van der Waals surface area (Å²) in [6.45, 7) is 3.50. The number of hydrogen-bond donors (Lipinski definition) is 2. The van der Waals surface area contributed by atoms with E-state index in [-0.39, 0.29) is 30.8 Å². The number of hydrogen-bond acceptors (Lipinski definition) is 5. The van der Waals surface area contributed by atoms with Gasteiger partial charge in [0.25, 0.3) is 0 Å². The zero-order valence-electron chi connectivity index (χ0n) is 16.2. The highest BCUT2D eigenvalue weighted by molar-refractivity contribution is 6.07. The Labute approximate surface area is 165 Å². The Hall–Kier alpha value is -2.68. The van der Waals surface area contributed by atoms with Gasteiger partial charge >= 0.3 is 0 Å². The van der Waals surface area contributed by atoms with Crippen LogP contribution in [0.1, 0.15) is 38.2 Å². The first-order chi connectivity index (χ1) is 13.5. The Balaban J connectivity index is 1.96. The average Bonchev–Trinajstić information content (AvgIpc) is 3.26. The summed E-state index contributed by atoms with van der Waals surface area (Å²) < 4.78 is 0. The highest BCUT2D eigenvalue weighted by Gasteiger charge is 2.18. The maximum atomic E-state index is 12.5. The number of carbonyl (C=O) groups is 1. The molecule has 1 heterocycles. The molecule has 0 saturated carbocycles. The summed E-state index contributed by atoms with van der Waals surface area (Å²) in [7, 11) is 0.